The van der Waals surface area contributed by atoms with Crippen LogP contribution in [0.3, 0.4) is 0 Å². The van der Waals surface area contributed by atoms with Gasteiger partial charge in [-0.3, -0.25) is 4.79 Å². The van der Waals surface area contributed by atoms with E-state index in [0.29, 0.717) is 31.9 Å². The third kappa shape index (κ3) is 2.36. The van der Waals surface area contributed by atoms with E-state index in [1.165, 1.54) is 0 Å². The molecular formula is C17H20FN3O2. The fraction of sp³-hybridized carbons (Fsp3) is 0.588. The maximum Gasteiger partial charge on any atom is 0.218 e. The summed E-state index contributed by atoms with van der Waals surface area (Å²) in [4.78, 5) is 16.7. The normalized spacial score (nSPS) is 35.7. The number of fused-ring (bicyclic) bond motifs is 1. The Morgan fingerprint density at radius 2 is 2.35 bits per heavy atom. The Kier molecular flexibility index (Phi) is 3.44. The van der Waals surface area contributed by atoms with Gasteiger partial charge >= 0.3 is 0 Å². The average molecular weight is 317 g/mol. The number of halogens is 1. The lowest BCUT2D eigenvalue weighted by atomic mass is 9.76. The van der Waals surface area contributed by atoms with Gasteiger partial charge < -0.3 is 4.74 Å². The molecule has 4 atom stereocenters. The van der Waals surface area contributed by atoms with Crippen LogP contribution in [0.25, 0.3) is 0 Å². The first kappa shape index (κ1) is 14.8. The van der Waals surface area contributed by atoms with Gasteiger partial charge in [0.25, 0.3) is 0 Å². The summed E-state index contributed by atoms with van der Waals surface area (Å²) in [6, 6.07) is -0.109. The smallest absolute Gasteiger partial charge is 0.218 e. The van der Waals surface area contributed by atoms with E-state index >= 15 is 0 Å². The van der Waals surface area contributed by atoms with E-state index in [9.17, 15) is 9.18 Å². The summed E-state index contributed by atoms with van der Waals surface area (Å²) in [6.07, 6.45) is 8.91. The molecule has 4 rings (SSSR count). The van der Waals surface area contributed by atoms with Gasteiger partial charge in [-0.05, 0) is 12.8 Å². The maximum atomic E-state index is 14.4. The second kappa shape index (κ2) is 5.37. The molecule has 0 amide bonds. The van der Waals surface area contributed by atoms with Gasteiger partial charge in [0.2, 0.25) is 11.6 Å². The van der Waals surface area contributed by atoms with Gasteiger partial charge in [0.15, 0.2) is 12.0 Å². The molecule has 2 aliphatic heterocycles. The van der Waals surface area contributed by atoms with Gasteiger partial charge in [-0.1, -0.05) is 31.2 Å². The summed E-state index contributed by atoms with van der Waals surface area (Å²) in [5.74, 6) is 0.116. The summed E-state index contributed by atoms with van der Waals surface area (Å²) in [7, 11) is 0. The van der Waals surface area contributed by atoms with Crippen molar-refractivity contribution in [2.75, 3.05) is 13.2 Å². The van der Waals surface area contributed by atoms with Crippen molar-refractivity contribution in [1.29, 1.82) is 0 Å². The average Bonchev–Trinajstić information content (AvgIpc) is 3.25. The molecule has 1 aromatic rings. The highest BCUT2D eigenvalue weighted by Crippen LogP contribution is 2.48. The van der Waals surface area contributed by atoms with Crippen molar-refractivity contribution in [3.63, 3.8) is 0 Å². The number of aromatic nitrogens is 3. The third-order valence-corrected chi connectivity index (χ3v) is 5.23. The Hall–Kier alpha value is -1.82. The van der Waals surface area contributed by atoms with Gasteiger partial charge in [0, 0.05) is 18.4 Å². The number of ether oxygens (including phenoxy) is 1. The van der Waals surface area contributed by atoms with E-state index in [1.807, 2.05) is 12.2 Å². The van der Waals surface area contributed by atoms with Crippen LogP contribution >= 0.6 is 0 Å². The Bertz CT molecular complexity index is 690. The topological polar surface area (TPSA) is 57.0 Å². The highest BCUT2D eigenvalue weighted by molar-refractivity contribution is 5.94. The predicted octanol–water partition coefficient (Wildman–Crippen LogP) is 2.98. The molecule has 23 heavy (non-hydrogen) atoms. The highest BCUT2D eigenvalue weighted by atomic mass is 19.1. The van der Waals surface area contributed by atoms with Crippen LogP contribution < -0.4 is 0 Å². The van der Waals surface area contributed by atoms with Crippen LogP contribution in [0.1, 0.15) is 54.8 Å². The van der Waals surface area contributed by atoms with Crippen LogP contribution in [0.15, 0.2) is 24.3 Å². The second-order valence-corrected chi connectivity index (χ2v) is 6.88. The van der Waals surface area contributed by atoms with Crippen molar-refractivity contribution < 1.29 is 13.9 Å². The number of hydrogen-bond acceptors (Lipinski definition) is 4. The van der Waals surface area contributed by atoms with E-state index < -0.39 is 6.17 Å². The Morgan fingerprint density at radius 1 is 1.48 bits per heavy atom. The Balaban J connectivity index is 1.65. The largest absolute Gasteiger partial charge is 0.381 e. The van der Waals surface area contributed by atoms with Crippen molar-refractivity contribution in [3.05, 3.63) is 36.0 Å². The Labute approximate surface area is 134 Å². The van der Waals surface area contributed by atoms with E-state index in [1.54, 1.807) is 4.68 Å². The van der Waals surface area contributed by atoms with Crippen molar-refractivity contribution in [3.8, 4) is 0 Å². The van der Waals surface area contributed by atoms with Gasteiger partial charge in [-0.25, -0.2) is 14.1 Å². The van der Waals surface area contributed by atoms with Gasteiger partial charge in [0.05, 0.1) is 18.6 Å². The van der Waals surface area contributed by atoms with Crippen LogP contribution in [0.4, 0.5) is 4.39 Å². The first-order chi connectivity index (χ1) is 11.1. The SMILES string of the molecule is CC1([C@@H]2C[C@H](F)c3nc(C(=O)C4CCOC4)nn32)C=CC=CC1. The number of hydrogen-bond donors (Lipinski definition) is 0. The highest BCUT2D eigenvalue weighted by Gasteiger charge is 2.44. The molecule has 1 fully saturated rings. The van der Waals surface area contributed by atoms with Crippen LogP contribution in [-0.4, -0.2) is 33.8 Å². The van der Waals surface area contributed by atoms with Gasteiger partial charge in [0.1, 0.15) is 0 Å². The fourth-order valence-electron chi connectivity index (χ4n) is 3.75. The van der Waals surface area contributed by atoms with Crippen LogP contribution in [0.2, 0.25) is 0 Å². The van der Waals surface area contributed by atoms with E-state index in [0.717, 1.165) is 6.42 Å². The molecule has 0 N–H and O–H groups in total. The van der Waals surface area contributed by atoms with Gasteiger partial charge in [-0.15, -0.1) is 5.10 Å². The van der Waals surface area contributed by atoms with Crippen molar-refractivity contribution in [2.45, 2.75) is 38.4 Å². The zero-order valence-electron chi connectivity index (χ0n) is 13.1. The van der Waals surface area contributed by atoms with E-state index in [4.69, 9.17) is 4.74 Å². The lowest BCUT2D eigenvalue weighted by Gasteiger charge is -2.33. The number of carbonyl (C=O) groups is 1. The number of rotatable bonds is 3. The molecular weight excluding hydrogens is 297 g/mol. The molecule has 0 radical (unpaired) electrons. The molecule has 2 unspecified atom stereocenters. The molecule has 3 aliphatic rings. The molecule has 1 aromatic heterocycles. The quantitative estimate of drug-likeness (QED) is 0.804. The standard InChI is InChI=1S/C17H20FN3O2/c1-17(6-3-2-4-7-17)13-9-12(18)16-19-15(20-21(13)16)14(22)11-5-8-23-10-11/h2-4,6,11-13H,5,7-10H2,1H3/t11?,12-,13-,17?/m0/s1. The number of alkyl halides is 1. The summed E-state index contributed by atoms with van der Waals surface area (Å²) in [5.41, 5.74) is -0.200. The first-order valence-corrected chi connectivity index (χ1v) is 8.15. The number of allylic oxidation sites excluding steroid dienone is 4. The molecule has 3 heterocycles. The van der Waals surface area contributed by atoms with Crippen molar-refractivity contribution in [1.82, 2.24) is 14.8 Å². The number of nitrogens with zero attached hydrogens (tertiary/aromatic N) is 3. The number of carbonyl (C=O) groups excluding carboxylic acids is 1. The Morgan fingerprint density at radius 3 is 3.04 bits per heavy atom. The minimum atomic E-state index is -1.16. The number of ketones is 1. The lowest BCUT2D eigenvalue weighted by Crippen LogP contribution is -2.27. The van der Waals surface area contributed by atoms with Gasteiger partial charge in [-0.2, -0.15) is 0 Å². The number of Topliss-reactive ketones (excluding diaryl/α,β-unsaturated/α-hetero) is 1. The zero-order chi connectivity index (χ0) is 16.0. The minimum absolute atomic E-state index is 0.109. The molecule has 0 bridgehead atoms. The van der Waals surface area contributed by atoms with Crippen LogP contribution in [0, 0.1) is 11.3 Å². The van der Waals surface area contributed by atoms with Crippen molar-refractivity contribution >= 4 is 5.78 Å². The van der Waals surface area contributed by atoms with Crippen LogP contribution in [0.5, 0.6) is 0 Å². The molecule has 1 saturated heterocycles. The zero-order valence-corrected chi connectivity index (χ0v) is 13.1. The second-order valence-electron chi connectivity index (χ2n) is 6.88. The van der Waals surface area contributed by atoms with Crippen LogP contribution in [-0.2, 0) is 4.74 Å². The van der Waals surface area contributed by atoms with E-state index in [2.05, 4.69) is 29.2 Å². The lowest BCUT2D eigenvalue weighted by molar-refractivity contribution is 0.0887. The molecule has 0 aromatic carbocycles. The third-order valence-electron chi connectivity index (χ3n) is 5.23. The maximum absolute atomic E-state index is 14.4. The first-order valence-electron chi connectivity index (χ1n) is 8.15. The molecule has 0 spiro atoms. The molecule has 6 heteroatoms. The fourth-order valence-corrected chi connectivity index (χ4v) is 3.75. The molecule has 1 aliphatic carbocycles. The summed E-state index contributed by atoms with van der Waals surface area (Å²) >= 11 is 0. The summed E-state index contributed by atoms with van der Waals surface area (Å²) < 4.78 is 21.4. The molecule has 122 valence electrons. The van der Waals surface area contributed by atoms with E-state index in [-0.39, 0.29) is 29.0 Å². The molecule has 0 saturated carbocycles. The minimum Gasteiger partial charge on any atom is -0.381 e. The van der Waals surface area contributed by atoms with Crippen molar-refractivity contribution in [2.24, 2.45) is 11.3 Å². The molecule has 5 nitrogen and oxygen atoms in total. The summed E-state index contributed by atoms with van der Waals surface area (Å²) in [5, 5.41) is 4.39. The monoisotopic (exact) mass is 317 g/mol. The summed E-state index contributed by atoms with van der Waals surface area (Å²) in [6.45, 7) is 3.11. The predicted molar refractivity (Wildman–Crippen MR) is 81.8 cm³/mol.